The van der Waals surface area contributed by atoms with Crippen molar-refractivity contribution in [2.45, 2.75) is 0 Å². The molecule has 2 saturated heterocycles. The molecule has 2 heterocycles. The first kappa shape index (κ1) is 19.2. The average Bonchev–Trinajstić information content (AvgIpc) is 3.03. The number of benzene rings is 2. The van der Waals surface area contributed by atoms with Crippen LogP contribution in [0.25, 0.3) is 6.08 Å². The summed E-state index contributed by atoms with van der Waals surface area (Å²) >= 11 is 4.62. The van der Waals surface area contributed by atoms with Crippen LogP contribution < -0.4 is 10.2 Å². The van der Waals surface area contributed by atoms with Crippen LogP contribution in [-0.2, 0) is 9.53 Å². The first-order valence-corrected chi connectivity index (χ1v) is 10.4. The van der Waals surface area contributed by atoms with Crippen molar-refractivity contribution in [2.75, 3.05) is 31.2 Å². The molecule has 8 heteroatoms. The lowest BCUT2D eigenvalue weighted by Gasteiger charge is -2.29. The highest BCUT2D eigenvalue weighted by atomic mass is 79.9. The van der Waals surface area contributed by atoms with Gasteiger partial charge in [-0.1, -0.05) is 22.0 Å². The van der Waals surface area contributed by atoms with Crippen LogP contribution in [0.3, 0.4) is 0 Å². The van der Waals surface area contributed by atoms with Crippen molar-refractivity contribution in [1.82, 2.24) is 5.32 Å². The fourth-order valence-electron chi connectivity index (χ4n) is 2.94. The van der Waals surface area contributed by atoms with Crippen LogP contribution in [0, 0.1) is 5.82 Å². The molecule has 5 nitrogen and oxygen atoms in total. The summed E-state index contributed by atoms with van der Waals surface area (Å²) in [4.78, 5) is 19.1. The van der Waals surface area contributed by atoms with Gasteiger partial charge in [-0.05, 0) is 59.8 Å². The Labute approximate surface area is 174 Å². The van der Waals surface area contributed by atoms with Gasteiger partial charge in [0.05, 0.1) is 29.5 Å². The lowest BCUT2D eigenvalue weighted by atomic mass is 10.1. The second kappa shape index (κ2) is 8.46. The van der Waals surface area contributed by atoms with Gasteiger partial charge in [-0.3, -0.25) is 4.79 Å². The molecule has 28 heavy (non-hydrogen) atoms. The third kappa shape index (κ3) is 4.45. The van der Waals surface area contributed by atoms with E-state index in [4.69, 9.17) is 4.74 Å². The highest BCUT2D eigenvalue weighted by Crippen LogP contribution is 2.30. The van der Waals surface area contributed by atoms with E-state index >= 15 is 0 Å². The zero-order chi connectivity index (χ0) is 19.5. The molecule has 4 rings (SSSR count). The van der Waals surface area contributed by atoms with Crippen LogP contribution in [0.5, 0.6) is 0 Å². The topological polar surface area (TPSA) is 53.9 Å². The predicted molar refractivity (Wildman–Crippen MR) is 114 cm³/mol. The van der Waals surface area contributed by atoms with Crippen LogP contribution >= 0.6 is 27.7 Å². The highest BCUT2D eigenvalue weighted by molar-refractivity contribution is 9.10. The number of carbonyl (C=O) groups excluding carboxylic acids is 1. The minimum Gasteiger partial charge on any atom is -0.378 e. The maximum Gasteiger partial charge on any atom is 0.264 e. The smallest absolute Gasteiger partial charge is 0.264 e. The molecule has 1 N–H and O–H groups in total. The number of thioether (sulfide) groups is 1. The number of anilines is 1. The maximum absolute atomic E-state index is 14.6. The fourth-order valence-corrected chi connectivity index (χ4v) is 4.04. The van der Waals surface area contributed by atoms with Crippen molar-refractivity contribution < 1.29 is 13.9 Å². The van der Waals surface area contributed by atoms with Crippen molar-refractivity contribution in [2.24, 2.45) is 4.99 Å². The third-order valence-corrected chi connectivity index (χ3v) is 5.77. The van der Waals surface area contributed by atoms with Crippen molar-refractivity contribution in [3.05, 3.63) is 63.2 Å². The van der Waals surface area contributed by atoms with Gasteiger partial charge < -0.3 is 15.0 Å². The largest absolute Gasteiger partial charge is 0.378 e. The minimum absolute atomic E-state index is 0.237. The predicted octanol–water partition coefficient (Wildman–Crippen LogP) is 4.32. The molecule has 0 atom stereocenters. The van der Waals surface area contributed by atoms with Gasteiger partial charge in [0.15, 0.2) is 5.17 Å². The molecular weight excluding hydrogens is 445 g/mol. The Balaban J connectivity index is 1.51. The van der Waals surface area contributed by atoms with Gasteiger partial charge in [-0.2, -0.15) is 0 Å². The van der Waals surface area contributed by atoms with E-state index in [1.807, 2.05) is 35.2 Å². The van der Waals surface area contributed by atoms with Gasteiger partial charge in [0, 0.05) is 17.6 Å². The number of aliphatic imine (C=N–C) groups is 1. The maximum atomic E-state index is 14.6. The molecule has 0 aromatic heterocycles. The number of hydrogen-bond acceptors (Lipinski definition) is 5. The summed E-state index contributed by atoms with van der Waals surface area (Å²) in [7, 11) is 0. The van der Waals surface area contributed by atoms with E-state index in [2.05, 4.69) is 26.2 Å². The molecule has 0 unspecified atom stereocenters. The first-order chi connectivity index (χ1) is 13.6. The summed E-state index contributed by atoms with van der Waals surface area (Å²) in [6, 6.07) is 12.5. The molecule has 2 aromatic rings. The number of ether oxygens (including phenoxy) is 1. The molecule has 0 radical (unpaired) electrons. The second-order valence-corrected chi connectivity index (χ2v) is 8.21. The van der Waals surface area contributed by atoms with Gasteiger partial charge >= 0.3 is 0 Å². The van der Waals surface area contributed by atoms with E-state index < -0.39 is 0 Å². The Morgan fingerprint density at radius 2 is 1.93 bits per heavy atom. The summed E-state index contributed by atoms with van der Waals surface area (Å²) in [5.74, 6) is -0.540. The minimum atomic E-state index is -0.302. The van der Waals surface area contributed by atoms with Crippen molar-refractivity contribution >= 4 is 56.2 Å². The first-order valence-electron chi connectivity index (χ1n) is 8.76. The van der Waals surface area contributed by atoms with E-state index in [-0.39, 0.29) is 11.7 Å². The molecule has 2 fully saturated rings. The number of morpholine rings is 1. The van der Waals surface area contributed by atoms with Gasteiger partial charge in [-0.15, -0.1) is 0 Å². The monoisotopic (exact) mass is 461 g/mol. The number of nitrogens with one attached hydrogen (secondary N) is 1. The van der Waals surface area contributed by atoms with Gasteiger partial charge in [0.25, 0.3) is 5.91 Å². The Bertz CT molecular complexity index is 956. The Hall–Kier alpha value is -2.16. The third-order valence-electron chi connectivity index (χ3n) is 4.33. The molecular formula is C20H17BrFN3O2S. The van der Waals surface area contributed by atoms with Crippen molar-refractivity contribution in [1.29, 1.82) is 0 Å². The molecule has 0 bridgehead atoms. The van der Waals surface area contributed by atoms with Crippen molar-refractivity contribution in [3.63, 3.8) is 0 Å². The van der Waals surface area contributed by atoms with Crippen LogP contribution in [0.15, 0.2) is 56.8 Å². The van der Waals surface area contributed by atoms with Crippen molar-refractivity contribution in [3.8, 4) is 0 Å². The standard InChI is InChI=1S/C20H17BrFN3O2S/c21-14-2-4-15(5-3-14)23-20-24-19(26)18(28-20)12-13-1-6-17(16(22)11-13)25-7-9-27-10-8-25/h1-6,11-12H,7-10H2,(H,23,24,26)/b18-12-. The molecule has 1 amide bonds. The number of hydrogen-bond donors (Lipinski definition) is 1. The normalized spacial score (nSPS) is 20.1. The molecule has 0 saturated carbocycles. The zero-order valence-electron chi connectivity index (χ0n) is 14.8. The number of carbonyl (C=O) groups is 1. The van der Waals surface area contributed by atoms with E-state index in [1.165, 1.54) is 17.8 Å². The second-order valence-electron chi connectivity index (χ2n) is 6.27. The van der Waals surface area contributed by atoms with Crippen LogP contribution in [0.1, 0.15) is 5.56 Å². The lowest BCUT2D eigenvalue weighted by molar-refractivity contribution is -0.115. The van der Waals surface area contributed by atoms with E-state index in [1.54, 1.807) is 12.1 Å². The highest BCUT2D eigenvalue weighted by Gasteiger charge is 2.24. The Morgan fingerprint density at radius 3 is 2.64 bits per heavy atom. The fraction of sp³-hybridized carbons (Fsp3) is 0.200. The molecule has 0 spiro atoms. The van der Waals surface area contributed by atoms with E-state index in [0.717, 1.165) is 10.2 Å². The number of nitrogens with zero attached hydrogens (tertiary/aromatic N) is 2. The quantitative estimate of drug-likeness (QED) is 0.691. The van der Waals surface area contributed by atoms with Crippen LogP contribution in [-0.4, -0.2) is 37.4 Å². The molecule has 2 aliphatic heterocycles. The number of halogens is 2. The lowest BCUT2D eigenvalue weighted by Crippen LogP contribution is -2.36. The van der Waals surface area contributed by atoms with Crippen LogP contribution in [0.2, 0.25) is 0 Å². The Kier molecular flexibility index (Phi) is 5.79. The zero-order valence-corrected chi connectivity index (χ0v) is 17.2. The number of amides is 1. The summed E-state index contributed by atoms with van der Waals surface area (Å²) in [6.45, 7) is 2.54. The summed E-state index contributed by atoms with van der Waals surface area (Å²) < 4.78 is 20.8. The SMILES string of the molecule is O=C1NC(=Nc2ccc(Br)cc2)S/C1=C\c1ccc(N2CCOCC2)c(F)c1. The molecule has 2 aliphatic rings. The van der Waals surface area contributed by atoms with Gasteiger partial charge in [-0.25, -0.2) is 9.38 Å². The summed E-state index contributed by atoms with van der Waals surface area (Å²) in [5.41, 5.74) is 1.94. The molecule has 0 aliphatic carbocycles. The average molecular weight is 462 g/mol. The number of amidine groups is 1. The molecule has 144 valence electrons. The molecule has 2 aromatic carbocycles. The van der Waals surface area contributed by atoms with E-state index in [9.17, 15) is 9.18 Å². The van der Waals surface area contributed by atoms with Gasteiger partial charge in [0.1, 0.15) is 5.82 Å². The summed E-state index contributed by atoms with van der Waals surface area (Å²) in [6.07, 6.45) is 1.68. The summed E-state index contributed by atoms with van der Waals surface area (Å²) in [5, 5.41) is 3.25. The number of rotatable bonds is 3. The van der Waals surface area contributed by atoms with E-state index in [0.29, 0.717) is 47.6 Å². The van der Waals surface area contributed by atoms with Crippen LogP contribution in [0.4, 0.5) is 15.8 Å². The van der Waals surface area contributed by atoms with Gasteiger partial charge in [0.2, 0.25) is 0 Å². The Morgan fingerprint density at radius 1 is 1.18 bits per heavy atom.